The lowest BCUT2D eigenvalue weighted by Crippen LogP contribution is -2.40. The number of piperidine rings is 1. The summed E-state index contributed by atoms with van der Waals surface area (Å²) in [6, 6.07) is 8.88. The van der Waals surface area contributed by atoms with Crippen LogP contribution in [0.3, 0.4) is 0 Å². The Morgan fingerprint density at radius 2 is 1.79 bits per heavy atom. The zero-order valence-corrected chi connectivity index (χ0v) is 12.7. The Morgan fingerprint density at radius 3 is 2.26 bits per heavy atom. The summed E-state index contributed by atoms with van der Waals surface area (Å²) in [5.74, 6) is 1.19. The number of likely N-dealkylation sites (tertiary alicyclic amines) is 1. The molecule has 0 aliphatic carbocycles. The van der Waals surface area contributed by atoms with E-state index in [0.29, 0.717) is 17.9 Å². The zero-order valence-electron chi connectivity index (χ0n) is 12.0. The number of benzene rings is 1. The number of hydrogen-bond acceptors (Lipinski definition) is 2. The van der Waals surface area contributed by atoms with E-state index in [0.717, 1.165) is 11.6 Å². The highest BCUT2D eigenvalue weighted by Gasteiger charge is 2.27. The summed E-state index contributed by atoms with van der Waals surface area (Å²) in [5.41, 5.74) is 7.36. The smallest absolute Gasteiger partial charge is 0.0406 e. The van der Waals surface area contributed by atoms with Gasteiger partial charge >= 0.3 is 0 Å². The van der Waals surface area contributed by atoms with Crippen molar-refractivity contribution in [2.45, 2.75) is 38.6 Å². The van der Waals surface area contributed by atoms with E-state index < -0.39 is 0 Å². The van der Waals surface area contributed by atoms with Gasteiger partial charge in [-0.1, -0.05) is 23.7 Å². The lowest BCUT2D eigenvalue weighted by Gasteiger charge is -2.37. The molecule has 1 atom stereocenters. The van der Waals surface area contributed by atoms with Crippen LogP contribution in [-0.2, 0) is 0 Å². The van der Waals surface area contributed by atoms with Crippen LogP contribution in [0.15, 0.2) is 24.3 Å². The quantitative estimate of drug-likeness (QED) is 0.915. The fraction of sp³-hybridized carbons (Fsp3) is 0.625. The van der Waals surface area contributed by atoms with Crippen molar-refractivity contribution >= 4 is 11.6 Å². The first-order valence-corrected chi connectivity index (χ1v) is 7.69. The van der Waals surface area contributed by atoms with Gasteiger partial charge in [0, 0.05) is 11.1 Å². The molecule has 0 spiro atoms. The summed E-state index contributed by atoms with van der Waals surface area (Å²) < 4.78 is 0. The van der Waals surface area contributed by atoms with Crippen molar-refractivity contribution in [1.29, 1.82) is 0 Å². The van der Waals surface area contributed by atoms with E-state index in [2.05, 4.69) is 30.9 Å². The highest BCUT2D eigenvalue weighted by Crippen LogP contribution is 2.33. The van der Waals surface area contributed by atoms with Crippen molar-refractivity contribution in [2.24, 2.45) is 11.7 Å². The molecule has 1 aromatic carbocycles. The predicted octanol–water partition coefficient (Wildman–Crippen LogP) is 3.50. The molecule has 1 heterocycles. The van der Waals surface area contributed by atoms with Gasteiger partial charge in [-0.15, -0.1) is 0 Å². The van der Waals surface area contributed by atoms with Crippen molar-refractivity contribution in [3.05, 3.63) is 34.9 Å². The first kappa shape index (κ1) is 14.8. The normalized spacial score (nSPS) is 19.8. The van der Waals surface area contributed by atoms with Crippen molar-refractivity contribution in [3.8, 4) is 0 Å². The highest BCUT2D eigenvalue weighted by atomic mass is 35.5. The second kappa shape index (κ2) is 6.74. The van der Waals surface area contributed by atoms with Gasteiger partial charge in [-0.25, -0.2) is 0 Å². The molecule has 19 heavy (non-hydrogen) atoms. The van der Waals surface area contributed by atoms with Crippen molar-refractivity contribution in [1.82, 2.24) is 4.90 Å². The fourth-order valence-electron chi connectivity index (χ4n) is 3.15. The summed E-state index contributed by atoms with van der Waals surface area (Å²) in [4.78, 5) is 2.56. The molecule has 1 unspecified atom stereocenters. The van der Waals surface area contributed by atoms with E-state index in [1.807, 2.05) is 12.1 Å². The van der Waals surface area contributed by atoms with Crippen LogP contribution in [-0.4, -0.2) is 30.6 Å². The van der Waals surface area contributed by atoms with E-state index in [1.54, 1.807) is 0 Å². The second-order valence-electron chi connectivity index (χ2n) is 5.86. The maximum atomic E-state index is 6.02. The zero-order chi connectivity index (χ0) is 13.8. The van der Waals surface area contributed by atoms with Gasteiger partial charge in [-0.3, -0.25) is 0 Å². The number of halogens is 1. The molecule has 1 aromatic rings. The maximum Gasteiger partial charge on any atom is 0.0406 e. The average molecular weight is 281 g/mol. The van der Waals surface area contributed by atoms with Crippen molar-refractivity contribution in [2.75, 3.05) is 19.6 Å². The van der Waals surface area contributed by atoms with Gasteiger partial charge in [-0.2, -0.15) is 0 Å². The Balaban J connectivity index is 2.01. The summed E-state index contributed by atoms with van der Waals surface area (Å²) in [6.45, 7) is 7.69. The molecule has 1 aliphatic heterocycles. The molecule has 1 fully saturated rings. The largest absolute Gasteiger partial charge is 0.330 e. The molecule has 106 valence electrons. The Labute approximate surface area is 121 Å². The topological polar surface area (TPSA) is 29.3 Å². The molecule has 0 amide bonds. The first-order valence-electron chi connectivity index (χ1n) is 7.31. The van der Waals surface area contributed by atoms with Crippen LogP contribution in [0.1, 0.15) is 38.2 Å². The third kappa shape index (κ3) is 3.71. The van der Waals surface area contributed by atoms with Gasteiger partial charge in [0.1, 0.15) is 0 Å². The predicted molar refractivity (Wildman–Crippen MR) is 82.7 cm³/mol. The Morgan fingerprint density at radius 1 is 1.21 bits per heavy atom. The Hall–Kier alpha value is -0.570. The monoisotopic (exact) mass is 280 g/mol. The lowest BCUT2D eigenvalue weighted by molar-refractivity contribution is 0.138. The summed E-state index contributed by atoms with van der Waals surface area (Å²) >= 11 is 5.96. The van der Waals surface area contributed by atoms with Gasteiger partial charge in [0.15, 0.2) is 0 Å². The molecule has 0 radical (unpaired) electrons. The number of hydrogen-bond donors (Lipinski definition) is 1. The van der Waals surface area contributed by atoms with Crippen LogP contribution in [0.5, 0.6) is 0 Å². The molecule has 2 N–H and O–H groups in total. The second-order valence-corrected chi connectivity index (χ2v) is 6.30. The van der Waals surface area contributed by atoms with Gasteiger partial charge in [0.05, 0.1) is 0 Å². The molecule has 0 bridgehead atoms. The third-order valence-corrected chi connectivity index (χ3v) is 4.68. The maximum absolute atomic E-state index is 6.02. The van der Waals surface area contributed by atoms with Crippen LogP contribution in [0, 0.1) is 5.92 Å². The first-order chi connectivity index (χ1) is 9.11. The van der Waals surface area contributed by atoms with Crippen molar-refractivity contribution in [3.63, 3.8) is 0 Å². The molecule has 2 rings (SSSR count). The van der Waals surface area contributed by atoms with E-state index in [1.165, 1.54) is 31.5 Å². The fourth-order valence-corrected chi connectivity index (χ4v) is 3.27. The number of rotatable bonds is 4. The van der Waals surface area contributed by atoms with Crippen LogP contribution in [0.4, 0.5) is 0 Å². The molecule has 1 saturated heterocycles. The van der Waals surface area contributed by atoms with Gasteiger partial charge in [-0.05, 0) is 75.9 Å². The molecular weight excluding hydrogens is 256 g/mol. The number of nitrogens with two attached hydrogens (primary N) is 1. The standard InChI is InChI=1S/C16H25ClN2/c1-12(2)19-9-7-14(8-10-19)16(11-18)13-3-5-15(17)6-4-13/h3-6,12,14,16H,7-11,18H2,1-2H3. The SMILES string of the molecule is CC(C)N1CCC(C(CN)c2ccc(Cl)cc2)CC1. The van der Waals surface area contributed by atoms with Crippen LogP contribution < -0.4 is 5.73 Å². The van der Waals surface area contributed by atoms with Crippen LogP contribution in [0.25, 0.3) is 0 Å². The van der Waals surface area contributed by atoms with Gasteiger partial charge in [0.25, 0.3) is 0 Å². The Kier molecular flexibility index (Phi) is 5.26. The van der Waals surface area contributed by atoms with E-state index >= 15 is 0 Å². The number of nitrogens with zero attached hydrogens (tertiary/aromatic N) is 1. The minimum absolute atomic E-state index is 0.478. The average Bonchev–Trinajstić information content (AvgIpc) is 2.42. The summed E-state index contributed by atoms with van der Waals surface area (Å²) in [6.07, 6.45) is 2.51. The molecular formula is C16H25ClN2. The summed E-state index contributed by atoms with van der Waals surface area (Å²) in [7, 11) is 0. The molecule has 2 nitrogen and oxygen atoms in total. The molecule has 0 saturated carbocycles. The minimum atomic E-state index is 0.478. The van der Waals surface area contributed by atoms with Crippen LogP contribution >= 0.6 is 11.6 Å². The highest BCUT2D eigenvalue weighted by molar-refractivity contribution is 6.30. The van der Waals surface area contributed by atoms with Gasteiger partial charge < -0.3 is 10.6 Å². The third-order valence-electron chi connectivity index (χ3n) is 4.43. The summed E-state index contributed by atoms with van der Waals surface area (Å²) in [5, 5.41) is 0.800. The Bertz CT molecular complexity index is 380. The van der Waals surface area contributed by atoms with Crippen molar-refractivity contribution < 1.29 is 0 Å². The van der Waals surface area contributed by atoms with Gasteiger partial charge in [0.2, 0.25) is 0 Å². The van der Waals surface area contributed by atoms with E-state index in [4.69, 9.17) is 17.3 Å². The lowest BCUT2D eigenvalue weighted by atomic mass is 9.80. The molecule has 0 aromatic heterocycles. The van der Waals surface area contributed by atoms with E-state index in [9.17, 15) is 0 Å². The van der Waals surface area contributed by atoms with Crippen LogP contribution in [0.2, 0.25) is 5.02 Å². The molecule has 1 aliphatic rings. The van der Waals surface area contributed by atoms with E-state index in [-0.39, 0.29) is 0 Å². The molecule has 3 heteroatoms. The minimum Gasteiger partial charge on any atom is -0.330 e.